The van der Waals surface area contributed by atoms with Crippen LogP contribution in [0.25, 0.3) is 0 Å². The van der Waals surface area contributed by atoms with Crippen molar-refractivity contribution in [2.75, 3.05) is 0 Å². The van der Waals surface area contributed by atoms with Crippen LogP contribution in [0.5, 0.6) is 0 Å². The van der Waals surface area contributed by atoms with Crippen molar-refractivity contribution in [2.24, 2.45) is 0 Å². The summed E-state index contributed by atoms with van der Waals surface area (Å²) < 4.78 is 0. The maximum Gasteiger partial charge on any atom is 0.147 e. The molecule has 0 aliphatic heterocycles. The number of halogens is 1. The molecule has 0 spiro atoms. The number of rotatable bonds is 0. The zero-order valence-corrected chi connectivity index (χ0v) is 5.26. The SMILES string of the molecule is [CH]c1ncc(Cl)nc1[CH]. The van der Waals surface area contributed by atoms with Gasteiger partial charge in [0, 0.05) is 13.8 Å². The van der Waals surface area contributed by atoms with Crippen LogP contribution in [0.4, 0.5) is 0 Å². The van der Waals surface area contributed by atoms with E-state index in [1.807, 2.05) is 0 Å². The molecule has 4 radical (unpaired) electrons. The van der Waals surface area contributed by atoms with Gasteiger partial charge in [-0.1, -0.05) is 11.6 Å². The summed E-state index contributed by atoms with van der Waals surface area (Å²) in [5.74, 6) is 0. The third-order valence-electron chi connectivity index (χ3n) is 0.800. The fourth-order valence-corrected chi connectivity index (χ4v) is 0.530. The van der Waals surface area contributed by atoms with Gasteiger partial charge in [0.15, 0.2) is 0 Å². The normalized spacial score (nSPS) is 9.67. The quantitative estimate of drug-likeness (QED) is 0.539. The van der Waals surface area contributed by atoms with E-state index in [1.165, 1.54) is 6.20 Å². The highest BCUT2D eigenvalue weighted by Crippen LogP contribution is 2.04. The summed E-state index contributed by atoms with van der Waals surface area (Å²) >= 11 is 5.41. The van der Waals surface area contributed by atoms with E-state index in [-0.39, 0.29) is 16.5 Å². The van der Waals surface area contributed by atoms with E-state index in [1.54, 1.807) is 0 Å². The van der Waals surface area contributed by atoms with Crippen LogP contribution >= 0.6 is 11.6 Å². The average molecular weight is 139 g/mol. The zero-order valence-electron chi connectivity index (χ0n) is 4.50. The van der Waals surface area contributed by atoms with Gasteiger partial charge in [0.2, 0.25) is 0 Å². The summed E-state index contributed by atoms with van der Waals surface area (Å²) in [5.41, 5.74) is 0.377. The van der Waals surface area contributed by atoms with Gasteiger partial charge in [-0.25, -0.2) is 4.98 Å². The van der Waals surface area contributed by atoms with Crippen molar-refractivity contribution in [1.29, 1.82) is 0 Å². The molecule has 0 atom stereocenters. The van der Waals surface area contributed by atoms with Crippen molar-refractivity contribution in [3.63, 3.8) is 0 Å². The first-order chi connectivity index (χ1) is 4.20. The second-order valence-electron chi connectivity index (χ2n) is 1.46. The molecule has 3 heteroatoms. The van der Waals surface area contributed by atoms with E-state index >= 15 is 0 Å². The number of hydrogen-bond acceptors (Lipinski definition) is 2. The van der Waals surface area contributed by atoms with Gasteiger partial charge in [-0.15, -0.1) is 0 Å². The van der Waals surface area contributed by atoms with Crippen molar-refractivity contribution < 1.29 is 0 Å². The molecule has 9 heavy (non-hydrogen) atoms. The number of aromatic nitrogens is 2. The lowest BCUT2D eigenvalue weighted by Crippen LogP contribution is -1.89. The topological polar surface area (TPSA) is 25.8 Å². The minimum atomic E-state index is 0.169. The van der Waals surface area contributed by atoms with Gasteiger partial charge in [0.05, 0.1) is 17.6 Å². The summed E-state index contributed by atoms with van der Waals surface area (Å²) in [7, 11) is 0. The fraction of sp³-hybridized carbons (Fsp3) is 0. The summed E-state index contributed by atoms with van der Waals surface area (Å²) in [5, 5.41) is 0.252. The highest BCUT2D eigenvalue weighted by atomic mass is 35.5. The molecule has 1 aromatic rings. The Morgan fingerprint density at radius 3 is 2.44 bits per heavy atom. The molecule has 0 saturated carbocycles. The van der Waals surface area contributed by atoms with Gasteiger partial charge in [-0.05, 0) is 0 Å². The van der Waals surface area contributed by atoms with Crippen LogP contribution in [0.1, 0.15) is 11.4 Å². The molecular weight excluding hydrogens is 136 g/mol. The second kappa shape index (κ2) is 2.31. The van der Waals surface area contributed by atoms with Crippen LogP contribution in [-0.2, 0) is 0 Å². The predicted octanol–water partition coefficient (Wildman–Crippen LogP) is 1.25. The molecule has 44 valence electrons. The van der Waals surface area contributed by atoms with Crippen LogP contribution in [0.2, 0.25) is 5.15 Å². The third kappa shape index (κ3) is 1.39. The first kappa shape index (κ1) is 6.49. The summed E-state index contributed by atoms with van der Waals surface area (Å²) in [6.45, 7) is 10.5. The smallest absolute Gasteiger partial charge is 0.147 e. The maximum absolute atomic E-state index is 5.41. The van der Waals surface area contributed by atoms with Gasteiger partial charge in [0.1, 0.15) is 5.15 Å². The van der Waals surface area contributed by atoms with Crippen LogP contribution in [-0.4, -0.2) is 9.97 Å². The van der Waals surface area contributed by atoms with Crippen molar-refractivity contribution in [1.82, 2.24) is 9.97 Å². The lowest BCUT2D eigenvalue weighted by molar-refractivity contribution is 1.12. The molecule has 0 bridgehead atoms. The number of hydrogen-bond donors (Lipinski definition) is 0. The molecule has 0 saturated heterocycles. The molecule has 0 amide bonds. The van der Waals surface area contributed by atoms with Gasteiger partial charge < -0.3 is 0 Å². The van der Waals surface area contributed by atoms with Crippen LogP contribution in [0.15, 0.2) is 6.20 Å². The molecule has 0 aliphatic carbocycles. The van der Waals surface area contributed by atoms with Gasteiger partial charge in [-0.2, -0.15) is 0 Å². The Morgan fingerprint density at radius 1 is 1.33 bits per heavy atom. The van der Waals surface area contributed by atoms with Gasteiger partial charge in [0.25, 0.3) is 0 Å². The molecule has 0 aromatic carbocycles. The number of nitrogens with zero attached hydrogens (tertiary/aromatic N) is 2. The van der Waals surface area contributed by atoms with Crippen molar-refractivity contribution >= 4 is 11.6 Å². The summed E-state index contributed by atoms with van der Waals surface area (Å²) in [4.78, 5) is 7.27. The van der Waals surface area contributed by atoms with Gasteiger partial charge in [-0.3, -0.25) is 4.98 Å². The highest BCUT2D eigenvalue weighted by molar-refractivity contribution is 6.29. The molecule has 2 nitrogen and oxygen atoms in total. The monoisotopic (exact) mass is 138 g/mol. The first-order valence-corrected chi connectivity index (χ1v) is 2.61. The molecule has 1 heterocycles. The average Bonchev–Trinajstić information content (AvgIpc) is 1.80. The molecular formula is C6H3ClN2. The minimum Gasteiger partial charge on any atom is -0.256 e. The van der Waals surface area contributed by atoms with Gasteiger partial charge >= 0.3 is 0 Å². The second-order valence-corrected chi connectivity index (χ2v) is 1.85. The highest BCUT2D eigenvalue weighted by Gasteiger charge is 1.94. The van der Waals surface area contributed by atoms with E-state index in [4.69, 9.17) is 25.4 Å². The minimum absolute atomic E-state index is 0.169. The molecule has 0 fully saturated rings. The Kier molecular flexibility index (Phi) is 1.67. The van der Waals surface area contributed by atoms with E-state index in [2.05, 4.69) is 9.97 Å². The lowest BCUT2D eigenvalue weighted by Gasteiger charge is -1.94. The fourth-order valence-electron chi connectivity index (χ4n) is 0.390. The predicted molar refractivity (Wildman–Crippen MR) is 33.8 cm³/mol. The standard InChI is InChI=1S/C6H3ClN2/c1-4-5(2)9-6(7)3-8-4/h1-3H. The Hall–Kier alpha value is -0.630. The van der Waals surface area contributed by atoms with E-state index < -0.39 is 0 Å². The van der Waals surface area contributed by atoms with Crippen molar-refractivity contribution in [2.45, 2.75) is 0 Å². The van der Waals surface area contributed by atoms with Crippen molar-refractivity contribution in [3.8, 4) is 0 Å². The summed E-state index contributed by atoms with van der Waals surface area (Å²) in [6, 6.07) is 0. The van der Waals surface area contributed by atoms with E-state index in [9.17, 15) is 0 Å². The zero-order chi connectivity index (χ0) is 6.85. The molecule has 0 N–H and O–H groups in total. The van der Waals surface area contributed by atoms with E-state index in [0.29, 0.717) is 0 Å². The Morgan fingerprint density at radius 2 is 2.00 bits per heavy atom. The Balaban J connectivity index is 3.17. The van der Waals surface area contributed by atoms with Crippen LogP contribution in [0.3, 0.4) is 0 Å². The molecule has 0 aliphatic rings. The lowest BCUT2D eigenvalue weighted by atomic mass is 10.4. The van der Waals surface area contributed by atoms with Crippen LogP contribution < -0.4 is 0 Å². The summed E-state index contributed by atoms with van der Waals surface area (Å²) in [6.07, 6.45) is 1.34. The molecule has 0 unspecified atom stereocenters. The first-order valence-electron chi connectivity index (χ1n) is 2.23. The maximum atomic E-state index is 5.41. The van der Waals surface area contributed by atoms with E-state index in [0.717, 1.165) is 0 Å². The largest absolute Gasteiger partial charge is 0.256 e. The van der Waals surface area contributed by atoms with Crippen molar-refractivity contribution in [3.05, 3.63) is 36.6 Å². The Labute approximate surface area is 58.9 Å². The van der Waals surface area contributed by atoms with Crippen LogP contribution in [0, 0.1) is 13.8 Å². The third-order valence-corrected chi connectivity index (χ3v) is 0.982. The molecule has 1 aromatic heterocycles. The Bertz CT molecular complexity index is 222. The molecule has 1 rings (SSSR count).